The number of halogens is 5. The lowest BCUT2D eigenvalue weighted by molar-refractivity contribution is -0.192. The standard InChI is InChI=1S/C39H48F2N6O6.C2HF3O2/c1-39(2,3)38(32-20-27(30-21-28(40)10-11-31(30)41)24-45(32)23-26-8-6-5-7-9-26)47(37(53)25-48)18-16-29(42-4)22-44-34(50)13-12-33(49)43-17-19-46-35(51)14-15-36(46)52;3-2(4,5)1(6)7/h5-11,14-15,20-21,24,29,38,42,48H,12-13,16-19,22-23,25H2,1-4H3,(H,43,49)(H,44,50);(H,6,7). The molecule has 326 valence electrons. The fraction of sp³-hybridized carbons (Fsp3) is 0.415. The number of rotatable bonds is 18. The molecule has 5 N–H and O–H groups in total. The Labute approximate surface area is 343 Å². The number of carbonyl (C=O) groups excluding carboxylic acids is 5. The molecule has 2 heterocycles. The van der Waals surface area contributed by atoms with Gasteiger partial charge in [-0.3, -0.25) is 28.9 Å². The molecule has 0 bridgehead atoms. The van der Waals surface area contributed by atoms with E-state index in [4.69, 9.17) is 9.90 Å². The number of alkyl halides is 3. The molecule has 0 radical (unpaired) electrons. The molecular weight excluding hydrogens is 799 g/mol. The van der Waals surface area contributed by atoms with Crippen molar-refractivity contribution < 1.29 is 60.9 Å². The highest BCUT2D eigenvalue weighted by Gasteiger charge is 2.39. The molecule has 2 unspecified atom stereocenters. The highest BCUT2D eigenvalue weighted by atomic mass is 19.4. The van der Waals surface area contributed by atoms with Crippen LogP contribution in [0.3, 0.4) is 0 Å². The third kappa shape index (κ3) is 14.4. The molecule has 2 aromatic carbocycles. The van der Waals surface area contributed by atoms with Gasteiger partial charge in [0.1, 0.15) is 18.2 Å². The summed E-state index contributed by atoms with van der Waals surface area (Å²) in [6.45, 7) is 6.01. The Morgan fingerprint density at radius 1 is 0.883 bits per heavy atom. The topological polar surface area (TPSA) is 190 Å². The van der Waals surface area contributed by atoms with Gasteiger partial charge in [-0.05, 0) is 48.7 Å². The second kappa shape index (κ2) is 21.9. The minimum atomic E-state index is -5.08. The lowest BCUT2D eigenvalue weighted by Gasteiger charge is -2.41. The first-order valence-electron chi connectivity index (χ1n) is 18.8. The highest BCUT2D eigenvalue weighted by Crippen LogP contribution is 2.41. The van der Waals surface area contributed by atoms with E-state index in [0.717, 1.165) is 40.8 Å². The zero-order valence-electron chi connectivity index (χ0n) is 33.5. The van der Waals surface area contributed by atoms with Gasteiger partial charge in [0.15, 0.2) is 0 Å². The summed E-state index contributed by atoms with van der Waals surface area (Å²) in [5.74, 6) is -6.08. The van der Waals surface area contributed by atoms with Gasteiger partial charge in [0.2, 0.25) is 17.7 Å². The molecule has 60 heavy (non-hydrogen) atoms. The first-order chi connectivity index (χ1) is 28.2. The van der Waals surface area contributed by atoms with Gasteiger partial charge in [0.25, 0.3) is 11.8 Å². The van der Waals surface area contributed by atoms with Crippen LogP contribution in [0, 0.1) is 17.0 Å². The van der Waals surface area contributed by atoms with Crippen molar-refractivity contribution in [3.8, 4) is 11.1 Å². The number of aliphatic carboxylic acids is 1. The van der Waals surface area contributed by atoms with Crippen molar-refractivity contribution in [3.63, 3.8) is 0 Å². The van der Waals surface area contributed by atoms with Crippen molar-refractivity contribution in [1.29, 1.82) is 0 Å². The molecule has 1 aromatic heterocycles. The van der Waals surface area contributed by atoms with Crippen molar-refractivity contribution in [2.45, 2.75) is 64.8 Å². The quantitative estimate of drug-likeness (QED) is 0.0933. The molecule has 0 spiro atoms. The van der Waals surface area contributed by atoms with Crippen LogP contribution >= 0.6 is 0 Å². The van der Waals surface area contributed by atoms with E-state index in [9.17, 15) is 46.6 Å². The fourth-order valence-electron chi connectivity index (χ4n) is 6.34. The van der Waals surface area contributed by atoms with Crippen molar-refractivity contribution in [2.75, 3.05) is 39.8 Å². The van der Waals surface area contributed by atoms with Gasteiger partial charge in [-0.15, -0.1) is 0 Å². The molecule has 2 atom stereocenters. The van der Waals surface area contributed by atoms with Crippen molar-refractivity contribution in [3.05, 3.63) is 95.8 Å². The fourth-order valence-corrected chi connectivity index (χ4v) is 6.34. The molecule has 5 amide bonds. The van der Waals surface area contributed by atoms with Crippen LogP contribution < -0.4 is 16.0 Å². The smallest absolute Gasteiger partial charge is 0.475 e. The van der Waals surface area contributed by atoms with Gasteiger partial charge in [0.05, 0.1) is 6.04 Å². The third-order valence-electron chi connectivity index (χ3n) is 9.28. The molecule has 1 aliphatic heterocycles. The summed E-state index contributed by atoms with van der Waals surface area (Å²) in [6.07, 6.45) is -0.801. The minimum absolute atomic E-state index is 0.0316. The monoisotopic (exact) mass is 848 g/mol. The number of carboxylic acids is 1. The van der Waals surface area contributed by atoms with E-state index in [-0.39, 0.29) is 56.5 Å². The Bertz CT molecular complexity index is 2000. The van der Waals surface area contributed by atoms with E-state index < -0.39 is 65.5 Å². The molecule has 0 aliphatic carbocycles. The number of amides is 5. The second-order valence-corrected chi connectivity index (χ2v) is 14.8. The number of likely N-dealkylation sites (N-methyl/N-ethyl adjacent to an activating group) is 1. The van der Waals surface area contributed by atoms with Crippen molar-refractivity contribution in [2.24, 2.45) is 5.41 Å². The number of aliphatic hydroxyl groups is 1. The van der Waals surface area contributed by atoms with E-state index >= 15 is 4.39 Å². The lowest BCUT2D eigenvalue weighted by Crippen LogP contribution is -2.47. The van der Waals surface area contributed by atoms with Crippen LogP contribution in [0.25, 0.3) is 11.1 Å². The normalized spacial score (nSPS) is 13.7. The van der Waals surface area contributed by atoms with Gasteiger partial charge in [-0.2, -0.15) is 13.2 Å². The Morgan fingerprint density at radius 3 is 2.03 bits per heavy atom. The average Bonchev–Trinajstić information content (AvgIpc) is 3.74. The number of carbonyl (C=O) groups is 6. The van der Waals surface area contributed by atoms with Crippen LogP contribution in [0.4, 0.5) is 22.0 Å². The second-order valence-electron chi connectivity index (χ2n) is 14.8. The van der Waals surface area contributed by atoms with Crippen LogP contribution in [-0.4, -0.2) is 112 Å². The maximum atomic E-state index is 15.0. The summed E-state index contributed by atoms with van der Waals surface area (Å²) in [5, 5.41) is 25.8. The third-order valence-corrected chi connectivity index (χ3v) is 9.28. The lowest BCUT2D eigenvalue weighted by atomic mass is 9.82. The SMILES string of the molecule is CNC(CCN(C(=O)CO)C(c1cc(-c2cc(F)ccc2F)cn1Cc1ccccc1)C(C)(C)C)CNC(=O)CCC(=O)NCCN1C(=O)C=CC1=O.O=C(O)C(F)(F)F. The summed E-state index contributed by atoms with van der Waals surface area (Å²) in [7, 11) is 1.72. The van der Waals surface area contributed by atoms with Crippen LogP contribution in [0.1, 0.15) is 57.3 Å². The molecule has 4 rings (SSSR count). The van der Waals surface area contributed by atoms with Crippen LogP contribution in [0.15, 0.2) is 72.9 Å². The van der Waals surface area contributed by atoms with Gasteiger partial charge in [-0.25, -0.2) is 13.6 Å². The van der Waals surface area contributed by atoms with Crippen molar-refractivity contribution in [1.82, 2.24) is 30.3 Å². The number of nitrogens with one attached hydrogen (secondary N) is 3. The van der Waals surface area contributed by atoms with Crippen LogP contribution in [-0.2, 0) is 35.3 Å². The number of carboxylic acid groups (broad SMARTS) is 1. The van der Waals surface area contributed by atoms with E-state index in [2.05, 4.69) is 16.0 Å². The molecule has 19 heteroatoms. The Balaban J connectivity index is 0.00000126. The highest BCUT2D eigenvalue weighted by molar-refractivity contribution is 6.12. The number of hydrogen-bond acceptors (Lipinski definition) is 8. The number of hydrogen-bond donors (Lipinski definition) is 5. The maximum Gasteiger partial charge on any atom is 0.490 e. The zero-order chi connectivity index (χ0) is 44.8. The van der Waals surface area contributed by atoms with E-state index in [1.54, 1.807) is 24.2 Å². The molecule has 3 aromatic rings. The molecule has 0 saturated heterocycles. The van der Waals surface area contributed by atoms with E-state index in [0.29, 0.717) is 24.2 Å². The first-order valence-corrected chi connectivity index (χ1v) is 18.8. The Hall–Kier alpha value is -5.95. The summed E-state index contributed by atoms with van der Waals surface area (Å²) in [4.78, 5) is 73.2. The predicted molar refractivity (Wildman–Crippen MR) is 209 cm³/mol. The average molecular weight is 849 g/mol. The number of aromatic nitrogens is 1. The van der Waals surface area contributed by atoms with E-state index in [1.807, 2.05) is 55.7 Å². The summed E-state index contributed by atoms with van der Waals surface area (Å²) >= 11 is 0. The first kappa shape index (κ1) is 48.4. The van der Waals surface area contributed by atoms with Gasteiger partial charge in [-0.1, -0.05) is 51.1 Å². The van der Waals surface area contributed by atoms with Gasteiger partial charge < -0.3 is 35.6 Å². The van der Waals surface area contributed by atoms with Crippen molar-refractivity contribution >= 4 is 35.5 Å². The summed E-state index contributed by atoms with van der Waals surface area (Å²) < 4.78 is 63.0. The number of aliphatic hydroxyl groups excluding tert-OH is 1. The molecule has 1 aliphatic rings. The molecule has 14 nitrogen and oxygen atoms in total. The molecule has 0 fully saturated rings. The summed E-state index contributed by atoms with van der Waals surface area (Å²) in [5.41, 5.74) is 1.57. The Kier molecular flexibility index (Phi) is 17.7. The largest absolute Gasteiger partial charge is 0.490 e. The number of nitrogens with zero attached hydrogens (tertiary/aromatic N) is 3. The van der Waals surface area contributed by atoms with Crippen LogP contribution in [0.2, 0.25) is 0 Å². The zero-order valence-corrected chi connectivity index (χ0v) is 33.5. The maximum absolute atomic E-state index is 15.0. The Morgan fingerprint density at radius 2 is 1.48 bits per heavy atom. The number of benzene rings is 2. The van der Waals surface area contributed by atoms with E-state index in [1.165, 1.54) is 0 Å². The number of imide groups is 1. The van der Waals surface area contributed by atoms with Gasteiger partial charge >= 0.3 is 12.1 Å². The van der Waals surface area contributed by atoms with Crippen LogP contribution in [0.5, 0.6) is 0 Å². The molecular formula is C41H49F5N6O8. The summed E-state index contributed by atoms with van der Waals surface area (Å²) in [6, 6.07) is 13.8. The molecule has 0 saturated carbocycles. The predicted octanol–water partition coefficient (Wildman–Crippen LogP) is 3.94. The minimum Gasteiger partial charge on any atom is -0.475 e. The van der Waals surface area contributed by atoms with Gasteiger partial charge in [0, 0.05) is 86.8 Å².